The summed E-state index contributed by atoms with van der Waals surface area (Å²) in [6.45, 7) is 6.61. The van der Waals surface area contributed by atoms with Gasteiger partial charge in [0.25, 0.3) is 0 Å². The van der Waals surface area contributed by atoms with Crippen molar-refractivity contribution in [2.45, 2.75) is 50.6 Å². The molecule has 1 aromatic carbocycles. The normalized spacial score (nSPS) is 12.2. The van der Waals surface area contributed by atoms with Gasteiger partial charge >= 0.3 is 0 Å². The van der Waals surface area contributed by atoms with Crippen molar-refractivity contribution in [3.05, 3.63) is 34.1 Å². The van der Waals surface area contributed by atoms with Crippen LogP contribution in [0.1, 0.15) is 33.0 Å². The van der Waals surface area contributed by atoms with Crippen LogP contribution in [0.25, 0.3) is 0 Å². The maximum Gasteiger partial charge on any atom is 0.237 e. The standard InChI is InChI=1S/C18H23Cl2N5O2S/c1-10(2)9-25-16(5-4-15(21)26)23-24-18(25)28-11(3)17(27)22-14-7-12(19)6-13(20)8-14/h6-8,10-11H,4-5,9H2,1-3H3,(H2,21,26)(H,22,27)/t11-/m0/s1. The van der Waals surface area contributed by atoms with E-state index in [4.69, 9.17) is 28.9 Å². The van der Waals surface area contributed by atoms with E-state index >= 15 is 0 Å². The van der Waals surface area contributed by atoms with E-state index in [0.29, 0.717) is 45.6 Å². The Morgan fingerprint density at radius 3 is 2.39 bits per heavy atom. The molecule has 2 amide bonds. The molecule has 1 aromatic heterocycles. The number of aromatic nitrogens is 3. The zero-order chi connectivity index (χ0) is 20.8. The number of aryl methyl sites for hydroxylation is 1. The third-order valence-corrected chi connectivity index (χ3v) is 5.23. The van der Waals surface area contributed by atoms with Crippen molar-refractivity contribution >= 4 is 52.5 Å². The molecule has 0 radical (unpaired) electrons. The number of carbonyl (C=O) groups is 2. The number of benzene rings is 1. The predicted octanol–water partition coefficient (Wildman–Crippen LogP) is 3.78. The molecule has 152 valence electrons. The average molecular weight is 444 g/mol. The number of nitrogens with one attached hydrogen (secondary N) is 1. The summed E-state index contributed by atoms with van der Waals surface area (Å²) in [6, 6.07) is 4.86. The second-order valence-electron chi connectivity index (χ2n) is 6.78. The molecule has 0 unspecified atom stereocenters. The summed E-state index contributed by atoms with van der Waals surface area (Å²) in [6.07, 6.45) is 0.615. The van der Waals surface area contributed by atoms with E-state index in [2.05, 4.69) is 29.4 Å². The lowest BCUT2D eigenvalue weighted by molar-refractivity contribution is -0.118. The average Bonchev–Trinajstić information content (AvgIpc) is 2.93. The number of anilines is 1. The number of nitrogens with two attached hydrogens (primary N) is 1. The second-order valence-corrected chi connectivity index (χ2v) is 8.96. The molecule has 3 N–H and O–H groups in total. The maximum atomic E-state index is 12.6. The van der Waals surface area contributed by atoms with Crippen LogP contribution < -0.4 is 11.1 Å². The number of nitrogens with zero attached hydrogens (tertiary/aromatic N) is 3. The third kappa shape index (κ3) is 6.68. The smallest absolute Gasteiger partial charge is 0.237 e. The number of thioether (sulfide) groups is 1. The highest BCUT2D eigenvalue weighted by atomic mass is 35.5. The molecular formula is C18H23Cl2N5O2S. The molecule has 28 heavy (non-hydrogen) atoms. The maximum absolute atomic E-state index is 12.6. The fraction of sp³-hybridized carbons (Fsp3) is 0.444. The Bertz CT molecular complexity index is 836. The summed E-state index contributed by atoms with van der Waals surface area (Å²) in [7, 11) is 0. The molecule has 2 rings (SSSR count). The van der Waals surface area contributed by atoms with Gasteiger partial charge in [0.2, 0.25) is 11.8 Å². The van der Waals surface area contributed by atoms with Crippen LogP contribution in [0.5, 0.6) is 0 Å². The molecule has 0 saturated carbocycles. The lowest BCUT2D eigenvalue weighted by atomic mass is 10.2. The molecule has 0 spiro atoms. The summed E-state index contributed by atoms with van der Waals surface area (Å²) in [4.78, 5) is 23.6. The number of rotatable bonds is 9. The minimum Gasteiger partial charge on any atom is -0.370 e. The Hall–Kier alpha value is -1.77. The van der Waals surface area contributed by atoms with Crippen LogP contribution in [0.4, 0.5) is 5.69 Å². The van der Waals surface area contributed by atoms with Gasteiger partial charge in [-0.25, -0.2) is 0 Å². The molecule has 0 fully saturated rings. The van der Waals surface area contributed by atoms with Gasteiger partial charge in [-0.05, 0) is 31.0 Å². The van der Waals surface area contributed by atoms with E-state index in [-0.39, 0.29) is 18.2 Å². The van der Waals surface area contributed by atoms with E-state index in [1.165, 1.54) is 11.8 Å². The summed E-state index contributed by atoms with van der Waals surface area (Å²) in [5.74, 6) is 0.437. The molecular weight excluding hydrogens is 421 g/mol. The zero-order valence-corrected chi connectivity index (χ0v) is 18.2. The zero-order valence-electron chi connectivity index (χ0n) is 15.9. The Kier molecular flexibility index (Phi) is 8.15. The molecule has 2 aromatic rings. The van der Waals surface area contributed by atoms with Crippen molar-refractivity contribution in [3.63, 3.8) is 0 Å². The van der Waals surface area contributed by atoms with Crippen LogP contribution in [0.3, 0.4) is 0 Å². The van der Waals surface area contributed by atoms with Crippen LogP contribution in [0, 0.1) is 5.92 Å². The van der Waals surface area contributed by atoms with E-state index < -0.39 is 5.25 Å². The molecule has 0 aliphatic carbocycles. The molecule has 0 aliphatic heterocycles. The van der Waals surface area contributed by atoms with Crippen molar-refractivity contribution in [1.82, 2.24) is 14.8 Å². The van der Waals surface area contributed by atoms with Crippen LogP contribution in [-0.2, 0) is 22.6 Å². The van der Waals surface area contributed by atoms with E-state index in [1.54, 1.807) is 25.1 Å². The highest BCUT2D eigenvalue weighted by Crippen LogP contribution is 2.26. The summed E-state index contributed by atoms with van der Waals surface area (Å²) in [5.41, 5.74) is 5.77. The lowest BCUT2D eigenvalue weighted by Gasteiger charge is -2.15. The highest BCUT2D eigenvalue weighted by Gasteiger charge is 2.21. The number of primary amides is 1. The Balaban J connectivity index is 2.11. The SMILES string of the molecule is CC(C)Cn1c(CCC(N)=O)nnc1S[C@@H](C)C(=O)Nc1cc(Cl)cc(Cl)c1. The number of hydrogen-bond acceptors (Lipinski definition) is 5. The highest BCUT2D eigenvalue weighted by molar-refractivity contribution is 8.00. The minimum absolute atomic E-state index is 0.201. The minimum atomic E-state index is -0.433. The van der Waals surface area contributed by atoms with Gasteiger partial charge in [-0.2, -0.15) is 0 Å². The largest absolute Gasteiger partial charge is 0.370 e. The van der Waals surface area contributed by atoms with Crippen LogP contribution in [0.15, 0.2) is 23.4 Å². The molecule has 1 heterocycles. The Morgan fingerprint density at radius 2 is 1.82 bits per heavy atom. The number of amides is 2. The summed E-state index contributed by atoms with van der Waals surface area (Å²) in [5, 5.41) is 12.3. The van der Waals surface area contributed by atoms with Crippen LogP contribution in [-0.4, -0.2) is 31.8 Å². The monoisotopic (exact) mass is 443 g/mol. The van der Waals surface area contributed by atoms with E-state index in [1.807, 2.05) is 4.57 Å². The topological polar surface area (TPSA) is 103 Å². The first-order valence-electron chi connectivity index (χ1n) is 8.79. The van der Waals surface area contributed by atoms with Gasteiger partial charge in [-0.1, -0.05) is 48.8 Å². The first kappa shape index (κ1) is 22.5. The quantitative estimate of drug-likeness (QED) is 0.573. The Morgan fingerprint density at radius 1 is 1.18 bits per heavy atom. The molecule has 10 heteroatoms. The van der Waals surface area contributed by atoms with Gasteiger partial charge in [0, 0.05) is 35.1 Å². The van der Waals surface area contributed by atoms with Gasteiger partial charge in [-0.3, -0.25) is 9.59 Å². The number of halogens is 2. The summed E-state index contributed by atoms with van der Waals surface area (Å²) < 4.78 is 1.94. The second kappa shape index (κ2) is 10.1. The van der Waals surface area contributed by atoms with Crippen LogP contribution >= 0.6 is 35.0 Å². The fourth-order valence-corrected chi connectivity index (χ4v) is 3.86. The molecule has 7 nitrogen and oxygen atoms in total. The Labute approximate surface area is 178 Å². The number of hydrogen-bond donors (Lipinski definition) is 2. The van der Waals surface area contributed by atoms with Crippen molar-refractivity contribution in [2.24, 2.45) is 11.7 Å². The summed E-state index contributed by atoms with van der Waals surface area (Å²) >= 11 is 13.2. The predicted molar refractivity (Wildman–Crippen MR) is 113 cm³/mol. The third-order valence-electron chi connectivity index (χ3n) is 3.72. The first-order chi connectivity index (χ1) is 13.2. The number of carbonyl (C=O) groups excluding carboxylic acids is 2. The van der Waals surface area contributed by atoms with Gasteiger partial charge < -0.3 is 15.6 Å². The van der Waals surface area contributed by atoms with Crippen molar-refractivity contribution in [1.29, 1.82) is 0 Å². The van der Waals surface area contributed by atoms with Gasteiger partial charge in [-0.15, -0.1) is 10.2 Å². The van der Waals surface area contributed by atoms with Crippen LogP contribution in [0.2, 0.25) is 10.0 Å². The molecule has 1 atom stereocenters. The van der Waals surface area contributed by atoms with E-state index in [0.717, 1.165) is 0 Å². The van der Waals surface area contributed by atoms with Gasteiger partial charge in [0.1, 0.15) is 5.82 Å². The van der Waals surface area contributed by atoms with Crippen molar-refractivity contribution < 1.29 is 9.59 Å². The van der Waals surface area contributed by atoms with Crippen molar-refractivity contribution in [3.8, 4) is 0 Å². The van der Waals surface area contributed by atoms with E-state index in [9.17, 15) is 9.59 Å². The van der Waals surface area contributed by atoms with Gasteiger partial charge in [0.15, 0.2) is 5.16 Å². The first-order valence-corrected chi connectivity index (χ1v) is 10.4. The molecule has 0 aliphatic rings. The lowest BCUT2D eigenvalue weighted by Crippen LogP contribution is -2.23. The fourth-order valence-electron chi connectivity index (χ4n) is 2.46. The molecule has 0 bridgehead atoms. The molecule has 0 saturated heterocycles. The van der Waals surface area contributed by atoms with Gasteiger partial charge in [0.05, 0.1) is 5.25 Å². The van der Waals surface area contributed by atoms with Crippen molar-refractivity contribution in [2.75, 3.05) is 5.32 Å².